The van der Waals surface area contributed by atoms with E-state index in [1.54, 1.807) is 0 Å². The number of rotatable bonds is 1. The lowest BCUT2D eigenvalue weighted by molar-refractivity contribution is 0.101. The maximum atomic E-state index is 12.8. The van der Waals surface area contributed by atoms with E-state index in [-0.39, 0.29) is 0 Å². The Hall–Kier alpha value is -1.52. The third-order valence-corrected chi connectivity index (χ3v) is 1.51. The van der Waals surface area contributed by atoms with Crippen LogP contribution in [0.3, 0.4) is 0 Å². The third kappa shape index (κ3) is 1.49. The zero-order valence-electron chi connectivity index (χ0n) is 6.57. The maximum absolute atomic E-state index is 12.8. The predicted octanol–water partition coefficient (Wildman–Crippen LogP) is 2.01. The molecular weight excluding hydrogens is 185 g/mol. The molecule has 0 amide bonds. The molecule has 0 aliphatic carbocycles. The summed E-state index contributed by atoms with van der Waals surface area (Å²) in [5, 5.41) is 8.59. The summed E-state index contributed by atoms with van der Waals surface area (Å²) >= 11 is 0. The van der Waals surface area contributed by atoms with E-state index < -0.39 is 34.5 Å². The molecule has 0 aliphatic rings. The van der Waals surface area contributed by atoms with Crippen molar-refractivity contribution in [1.82, 2.24) is 0 Å². The van der Waals surface area contributed by atoms with Gasteiger partial charge in [-0.2, -0.15) is 4.39 Å². The first-order chi connectivity index (χ1) is 5.95. The summed E-state index contributed by atoms with van der Waals surface area (Å²) in [5.74, 6) is -6.86. The van der Waals surface area contributed by atoms with E-state index in [0.717, 1.165) is 6.92 Å². The number of hydrogen-bond donors (Lipinski definition) is 1. The van der Waals surface area contributed by atoms with Gasteiger partial charge in [-0.15, -0.1) is 0 Å². The lowest BCUT2D eigenvalue weighted by Crippen LogP contribution is -2.01. The Morgan fingerprint density at radius 2 is 1.85 bits per heavy atom. The Morgan fingerprint density at radius 3 is 2.31 bits per heavy atom. The largest absolute Gasteiger partial charge is 0.503 e. The van der Waals surface area contributed by atoms with Gasteiger partial charge in [0.2, 0.25) is 5.82 Å². The number of aromatic hydroxyl groups is 1. The van der Waals surface area contributed by atoms with Gasteiger partial charge in [-0.3, -0.25) is 4.79 Å². The molecule has 13 heavy (non-hydrogen) atoms. The summed E-state index contributed by atoms with van der Waals surface area (Å²) in [5.41, 5.74) is -0.715. The second-order valence-corrected chi connectivity index (χ2v) is 2.44. The molecule has 70 valence electrons. The molecule has 5 heteroatoms. The molecule has 0 heterocycles. The van der Waals surface area contributed by atoms with Gasteiger partial charge in [0, 0.05) is 0 Å². The van der Waals surface area contributed by atoms with Crippen molar-refractivity contribution in [3.05, 3.63) is 29.1 Å². The highest BCUT2D eigenvalue weighted by Crippen LogP contribution is 2.25. The molecule has 1 N–H and O–H groups in total. The highest BCUT2D eigenvalue weighted by atomic mass is 19.2. The Labute approximate surface area is 71.6 Å². The zero-order chi connectivity index (χ0) is 10.2. The molecule has 0 fully saturated rings. The van der Waals surface area contributed by atoms with Gasteiger partial charge in [-0.25, -0.2) is 8.78 Å². The standard InChI is InChI=1S/C8H5F3O2/c1-3(12)4-2-5(9)8(13)7(11)6(4)10/h2,13H,1H3. The molecule has 0 radical (unpaired) electrons. The Morgan fingerprint density at radius 1 is 1.31 bits per heavy atom. The number of carbonyl (C=O) groups is 1. The highest BCUT2D eigenvalue weighted by molar-refractivity contribution is 5.94. The number of phenolic OH excluding ortho intramolecular Hbond substituents is 1. The van der Waals surface area contributed by atoms with Crippen LogP contribution in [-0.2, 0) is 0 Å². The average Bonchev–Trinajstić information content (AvgIpc) is 2.07. The van der Waals surface area contributed by atoms with Crippen LogP contribution in [0.25, 0.3) is 0 Å². The number of hydrogen-bond acceptors (Lipinski definition) is 2. The smallest absolute Gasteiger partial charge is 0.204 e. The van der Waals surface area contributed by atoms with Crippen LogP contribution in [0.15, 0.2) is 6.07 Å². The Balaban J connectivity index is 3.50. The van der Waals surface area contributed by atoms with Crippen LogP contribution in [-0.4, -0.2) is 10.9 Å². The van der Waals surface area contributed by atoms with Crippen molar-refractivity contribution < 1.29 is 23.1 Å². The molecule has 0 saturated heterocycles. The molecule has 1 rings (SSSR count). The van der Waals surface area contributed by atoms with Crippen LogP contribution in [0.5, 0.6) is 5.75 Å². The number of halogens is 3. The molecule has 1 aromatic carbocycles. The van der Waals surface area contributed by atoms with Gasteiger partial charge in [-0.1, -0.05) is 0 Å². The zero-order valence-corrected chi connectivity index (χ0v) is 6.57. The number of phenols is 1. The van der Waals surface area contributed by atoms with E-state index in [9.17, 15) is 18.0 Å². The lowest BCUT2D eigenvalue weighted by Gasteiger charge is -2.02. The maximum Gasteiger partial charge on any atom is 0.204 e. The van der Waals surface area contributed by atoms with Crippen molar-refractivity contribution in [3.63, 3.8) is 0 Å². The van der Waals surface area contributed by atoms with E-state index >= 15 is 0 Å². The van der Waals surface area contributed by atoms with E-state index in [1.165, 1.54) is 0 Å². The highest BCUT2D eigenvalue weighted by Gasteiger charge is 2.19. The Bertz CT molecular complexity index is 374. The number of ketones is 1. The van der Waals surface area contributed by atoms with E-state index in [4.69, 9.17) is 5.11 Å². The monoisotopic (exact) mass is 190 g/mol. The summed E-state index contributed by atoms with van der Waals surface area (Å²) in [4.78, 5) is 10.6. The summed E-state index contributed by atoms with van der Waals surface area (Å²) in [7, 11) is 0. The van der Waals surface area contributed by atoms with Crippen molar-refractivity contribution in [3.8, 4) is 5.75 Å². The number of carbonyl (C=O) groups excluding carboxylic acids is 1. The molecule has 0 saturated carbocycles. The third-order valence-electron chi connectivity index (χ3n) is 1.51. The molecule has 0 aliphatic heterocycles. The topological polar surface area (TPSA) is 37.3 Å². The fourth-order valence-corrected chi connectivity index (χ4v) is 0.842. The van der Waals surface area contributed by atoms with E-state index in [2.05, 4.69) is 0 Å². The lowest BCUT2D eigenvalue weighted by atomic mass is 10.1. The van der Waals surface area contributed by atoms with Crippen molar-refractivity contribution >= 4 is 5.78 Å². The molecule has 0 atom stereocenters. The van der Waals surface area contributed by atoms with Gasteiger partial charge in [-0.05, 0) is 13.0 Å². The number of Topliss-reactive ketones (excluding diaryl/α,β-unsaturated/α-hetero) is 1. The van der Waals surface area contributed by atoms with Crippen molar-refractivity contribution in [2.75, 3.05) is 0 Å². The van der Waals surface area contributed by atoms with Crippen molar-refractivity contribution in [2.24, 2.45) is 0 Å². The van der Waals surface area contributed by atoms with Crippen molar-refractivity contribution in [1.29, 1.82) is 0 Å². The first-order valence-electron chi connectivity index (χ1n) is 3.32. The average molecular weight is 190 g/mol. The normalized spacial score (nSPS) is 10.2. The molecular formula is C8H5F3O2. The molecule has 0 bridgehead atoms. The first kappa shape index (κ1) is 9.57. The first-order valence-corrected chi connectivity index (χ1v) is 3.32. The van der Waals surface area contributed by atoms with Gasteiger partial charge < -0.3 is 5.11 Å². The van der Waals surface area contributed by atoms with Gasteiger partial charge in [0.25, 0.3) is 0 Å². The molecule has 2 nitrogen and oxygen atoms in total. The van der Waals surface area contributed by atoms with Crippen LogP contribution in [0.1, 0.15) is 17.3 Å². The van der Waals surface area contributed by atoms with E-state index in [1.807, 2.05) is 0 Å². The molecule has 0 spiro atoms. The number of benzene rings is 1. The van der Waals surface area contributed by atoms with Crippen LogP contribution < -0.4 is 0 Å². The van der Waals surface area contributed by atoms with Crippen LogP contribution >= 0.6 is 0 Å². The summed E-state index contributed by atoms with van der Waals surface area (Å²) in [6.45, 7) is 0.967. The quantitative estimate of drug-likeness (QED) is 0.543. The van der Waals surface area contributed by atoms with Crippen LogP contribution in [0.4, 0.5) is 13.2 Å². The summed E-state index contributed by atoms with van der Waals surface area (Å²) in [6.07, 6.45) is 0. The van der Waals surface area contributed by atoms with Gasteiger partial charge in [0.05, 0.1) is 5.56 Å². The molecule has 0 aromatic heterocycles. The summed E-state index contributed by atoms with van der Waals surface area (Å²) in [6, 6.07) is 0.454. The van der Waals surface area contributed by atoms with Gasteiger partial charge in [0.1, 0.15) is 0 Å². The fourth-order valence-electron chi connectivity index (χ4n) is 0.842. The second kappa shape index (κ2) is 3.08. The summed E-state index contributed by atoms with van der Waals surface area (Å²) < 4.78 is 37.9. The second-order valence-electron chi connectivity index (χ2n) is 2.44. The van der Waals surface area contributed by atoms with E-state index in [0.29, 0.717) is 6.07 Å². The van der Waals surface area contributed by atoms with Gasteiger partial charge >= 0.3 is 0 Å². The predicted molar refractivity (Wildman–Crippen MR) is 38.0 cm³/mol. The van der Waals surface area contributed by atoms with Crippen molar-refractivity contribution in [2.45, 2.75) is 6.92 Å². The Kier molecular flexibility index (Phi) is 2.27. The van der Waals surface area contributed by atoms with Crippen LogP contribution in [0, 0.1) is 17.5 Å². The minimum Gasteiger partial charge on any atom is -0.503 e. The molecule has 1 aromatic rings. The van der Waals surface area contributed by atoms with Crippen LogP contribution in [0.2, 0.25) is 0 Å². The minimum atomic E-state index is -1.75. The fraction of sp³-hybridized carbons (Fsp3) is 0.125. The van der Waals surface area contributed by atoms with Gasteiger partial charge in [0.15, 0.2) is 23.2 Å². The molecule has 0 unspecified atom stereocenters. The SMILES string of the molecule is CC(=O)c1cc(F)c(O)c(F)c1F. The minimum absolute atomic E-state index is 0.454.